The highest BCUT2D eigenvalue weighted by Crippen LogP contribution is 2.19. The Balaban J connectivity index is 2.15. The van der Waals surface area contributed by atoms with Gasteiger partial charge in [0.1, 0.15) is 5.01 Å². The van der Waals surface area contributed by atoms with E-state index in [1.165, 1.54) is 25.7 Å². The van der Waals surface area contributed by atoms with Gasteiger partial charge in [-0.2, -0.15) is 0 Å². The average Bonchev–Trinajstić information content (AvgIpc) is 2.65. The number of thiazole rings is 1. The number of aromatic nitrogens is 1. The Bertz CT molecular complexity index is 209. The third kappa shape index (κ3) is 3.87. The fraction of sp³-hybridized carbons (Fsp3) is 0.700. The maximum Gasteiger partial charge on any atom is 0.109 e. The number of rotatable bonds is 6. The second-order valence-corrected chi connectivity index (χ2v) is 4.25. The Morgan fingerprint density at radius 1 is 1.46 bits per heavy atom. The Hall–Kier alpha value is -0.410. The zero-order valence-corrected chi connectivity index (χ0v) is 9.02. The Kier molecular flexibility index (Phi) is 5.01. The van der Waals surface area contributed by atoms with Crippen LogP contribution in [0.2, 0.25) is 0 Å². The van der Waals surface area contributed by atoms with Crippen LogP contribution in [0.3, 0.4) is 0 Å². The molecule has 0 radical (unpaired) electrons. The minimum Gasteiger partial charge on any atom is -0.322 e. The van der Waals surface area contributed by atoms with Gasteiger partial charge < -0.3 is 5.73 Å². The fourth-order valence-electron chi connectivity index (χ4n) is 1.33. The van der Waals surface area contributed by atoms with Gasteiger partial charge in [-0.25, -0.2) is 4.98 Å². The molecule has 74 valence electrons. The first-order chi connectivity index (χ1) is 6.34. The molecule has 0 bridgehead atoms. The van der Waals surface area contributed by atoms with Gasteiger partial charge in [0, 0.05) is 11.6 Å². The van der Waals surface area contributed by atoms with Crippen LogP contribution < -0.4 is 5.73 Å². The third-order valence-corrected chi connectivity index (χ3v) is 3.04. The van der Waals surface area contributed by atoms with Crippen molar-refractivity contribution in [1.29, 1.82) is 0 Å². The van der Waals surface area contributed by atoms with Crippen LogP contribution in [0.1, 0.15) is 50.1 Å². The Labute approximate surface area is 84.2 Å². The molecule has 0 aromatic carbocycles. The van der Waals surface area contributed by atoms with Gasteiger partial charge >= 0.3 is 0 Å². The number of unbranched alkanes of at least 4 members (excludes halogenated alkanes) is 3. The van der Waals surface area contributed by atoms with E-state index in [1.54, 1.807) is 11.3 Å². The maximum atomic E-state index is 5.97. The smallest absolute Gasteiger partial charge is 0.109 e. The molecule has 1 aromatic heterocycles. The Morgan fingerprint density at radius 2 is 2.31 bits per heavy atom. The third-order valence-electron chi connectivity index (χ3n) is 2.14. The van der Waals surface area contributed by atoms with Crippen molar-refractivity contribution >= 4 is 11.3 Å². The van der Waals surface area contributed by atoms with E-state index in [-0.39, 0.29) is 6.04 Å². The predicted octanol–water partition coefficient (Wildman–Crippen LogP) is 3.11. The van der Waals surface area contributed by atoms with Gasteiger partial charge in [0.25, 0.3) is 0 Å². The molecule has 1 aromatic rings. The SMILES string of the molecule is CCCCCCC(N)c1nccs1. The monoisotopic (exact) mass is 198 g/mol. The minimum atomic E-state index is 0.164. The van der Waals surface area contributed by atoms with Crippen molar-refractivity contribution in [3.8, 4) is 0 Å². The molecule has 0 spiro atoms. The summed E-state index contributed by atoms with van der Waals surface area (Å²) in [6, 6.07) is 0.164. The van der Waals surface area contributed by atoms with E-state index in [0.717, 1.165) is 11.4 Å². The van der Waals surface area contributed by atoms with Crippen molar-refractivity contribution in [1.82, 2.24) is 4.98 Å². The predicted molar refractivity (Wildman–Crippen MR) is 57.8 cm³/mol. The molecule has 3 heteroatoms. The highest BCUT2D eigenvalue weighted by atomic mass is 32.1. The molecule has 1 rings (SSSR count). The second kappa shape index (κ2) is 6.11. The fourth-order valence-corrected chi connectivity index (χ4v) is 2.01. The summed E-state index contributed by atoms with van der Waals surface area (Å²) < 4.78 is 0. The van der Waals surface area contributed by atoms with Gasteiger partial charge in [0.05, 0.1) is 6.04 Å². The quantitative estimate of drug-likeness (QED) is 0.713. The normalized spacial score (nSPS) is 13.1. The van der Waals surface area contributed by atoms with E-state index in [0.29, 0.717) is 0 Å². The van der Waals surface area contributed by atoms with Crippen molar-refractivity contribution in [2.45, 2.75) is 45.1 Å². The molecule has 0 amide bonds. The number of hydrogen-bond donors (Lipinski definition) is 1. The summed E-state index contributed by atoms with van der Waals surface area (Å²) in [5.41, 5.74) is 5.97. The second-order valence-electron chi connectivity index (χ2n) is 3.33. The van der Waals surface area contributed by atoms with Crippen LogP contribution in [0.25, 0.3) is 0 Å². The van der Waals surface area contributed by atoms with Crippen molar-refractivity contribution in [2.24, 2.45) is 5.73 Å². The molecule has 2 nitrogen and oxygen atoms in total. The molecular formula is C10H18N2S. The number of hydrogen-bond acceptors (Lipinski definition) is 3. The van der Waals surface area contributed by atoms with Gasteiger partial charge in [-0.1, -0.05) is 32.6 Å². The Morgan fingerprint density at radius 3 is 2.92 bits per heavy atom. The standard InChI is InChI=1S/C10H18N2S/c1-2-3-4-5-6-9(11)10-12-7-8-13-10/h7-9H,2-6,11H2,1H3. The molecule has 0 fully saturated rings. The highest BCUT2D eigenvalue weighted by molar-refractivity contribution is 7.09. The van der Waals surface area contributed by atoms with E-state index in [9.17, 15) is 0 Å². The molecule has 0 saturated heterocycles. The molecular weight excluding hydrogens is 180 g/mol. The van der Waals surface area contributed by atoms with Gasteiger partial charge in [-0.05, 0) is 6.42 Å². The largest absolute Gasteiger partial charge is 0.322 e. The van der Waals surface area contributed by atoms with E-state index >= 15 is 0 Å². The van der Waals surface area contributed by atoms with Crippen molar-refractivity contribution in [2.75, 3.05) is 0 Å². The molecule has 2 N–H and O–H groups in total. The summed E-state index contributed by atoms with van der Waals surface area (Å²) in [7, 11) is 0. The summed E-state index contributed by atoms with van der Waals surface area (Å²) in [5, 5.41) is 3.07. The lowest BCUT2D eigenvalue weighted by Gasteiger charge is -2.07. The summed E-state index contributed by atoms with van der Waals surface area (Å²) in [4.78, 5) is 4.21. The molecule has 1 atom stereocenters. The summed E-state index contributed by atoms with van der Waals surface area (Å²) >= 11 is 1.66. The molecule has 0 saturated carbocycles. The van der Waals surface area contributed by atoms with Crippen molar-refractivity contribution in [3.05, 3.63) is 16.6 Å². The summed E-state index contributed by atoms with van der Waals surface area (Å²) in [5.74, 6) is 0. The first kappa shape index (κ1) is 10.7. The van der Waals surface area contributed by atoms with Crippen LogP contribution in [0, 0.1) is 0 Å². The molecule has 13 heavy (non-hydrogen) atoms. The molecule has 1 unspecified atom stereocenters. The first-order valence-electron chi connectivity index (χ1n) is 4.99. The van der Waals surface area contributed by atoms with Gasteiger partial charge in [-0.3, -0.25) is 0 Å². The zero-order chi connectivity index (χ0) is 9.52. The minimum absolute atomic E-state index is 0.164. The zero-order valence-electron chi connectivity index (χ0n) is 8.20. The highest BCUT2D eigenvalue weighted by Gasteiger charge is 2.06. The average molecular weight is 198 g/mol. The van der Waals surface area contributed by atoms with E-state index < -0.39 is 0 Å². The molecule has 1 heterocycles. The molecule has 0 aliphatic heterocycles. The lowest BCUT2D eigenvalue weighted by atomic mass is 10.1. The van der Waals surface area contributed by atoms with Crippen LogP contribution in [0.5, 0.6) is 0 Å². The van der Waals surface area contributed by atoms with Gasteiger partial charge in [0.15, 0.2) is 0 Å². The lowest BCUT2D eigenvalue weighted by Crippen LogP contribution is -2.09. The van der Waals surface area contributed by atoms with Gasteiger partial charge in [0.2, 0.25) is 0 Å². The summed E-state index contributed by atoms with van der Waals surface area (Å²) in [6.45, 7) is 2.22. The van der Waals surface area contributed by atoms with Crippen LogP contribution >= 0.6 is 11.3 Å². The van der Waals surface area contributed by atoms with Crippen LogP contribution in [-0.4, -0.2) is 4.98 Å². The van der Waals surface area contributed by atoms with Gasteiger partial charge in [-0.15, -0.1) is 11.3 Å². The maximum absolute atomic E-state index is 5.97. The molecule has 0 aliphatic carbocycles. The van der Waals surface area contributed by atoms with E-state index in [1.807, 2.05) is 11.6 Å². The topological polar surface area (TPSA) is 38.9 Å². The van der Waals surface area contributed by atoms with Crippen LogP contribution in [-0.2, 0) is 0 Å². The lowest BCUT2D eigenvalue weighted by molar-refractivity contribution is 0.564. The molecule has 0 aliphatic rings. The van der Waals surface area contributed by atoms with Crippen molar-refractivity contribution < 1.29 is 0 Å². The van der Waals surface area contributed by atoms with E-state index in [2.05, 4.69) is 11.9 Å². The van der Waals surface area contributed by atoms with Crippen molar-refractivity contribution in [3.63, 3.8) is 0 Å². The first-order valence-corrected chi connectivity index (χ1v) is 5.87. The number of nitrogens with two attached hydrogens (primary N) is 1. The summed E-state index contributed by atoms with van der Waals surface area (Å²) in [6.07, 6.45) is 8.04. The van der Waals surface area contributed by atoms with Crippen LogP contribution in [0.4, 0.5) is 0 Å². The van der Waals surface area contributed by atoms with E-state index in [4.69, 9.17) is 5.73 Å². The number of nitrogens with zero attached hydrogens (tertiary/aromatic N) is 1. The van der Waals surface area contributed by atoms with Crippen LogP contribution in [0.15, 0.2) is 11.6 Å².